The van der Waals surface area contributed by atoms with Crippen LogP contribution in [0.1, 0.15) is 16.8 Å². The Bertz CT molecular complexity index is 1020. The van der Waals surface area contributed by atoms with Gasteiger partial charge in [-0.2, -0.15) is 11.3 Å². The predicted octanol–water partition coefficient (Wildman–Crippen LogP) is 5.07. The van der Waals surface area contributed by atoms with Crippen LogP contribution >= 0.6 is 11.3 Å². The van der Waals surface area contributed by atoms with Gasteiger partial charge in [0.15, 0.2) is 0 Å². The number of carbonyl (C=O) groups is 1. The summed E-state index contributed by atoms with van der Waals surface area (Å²) in [5.74, 6) is 0.114. The minimum atomic E-state index is 0.114. The molecule has 0 saturated heterocycles. The highest BCUT2D eigenvalue weighted by Gasteiger charge is 2.17. The third-order valence-electron chi connectivity index (χ3n) is 4.61. The van der Waals surface area contributed by atoms with Crippen LogP contribution in [0.4, 0.5) is 0 Å². The fraction of sp³-hybridized carbons (Fsp3) is 0.130. The lowest BCUT2D eigenvalue weighted by Gasteiger charge is -2.22. The Labute approximate surface area is 162 Å². The molecule has 0 aliphatic heterocycles. The first-order valence-corrected chi connectivity index (χ1v) is 9.89. The highest BCUT2D eigenvalue weighted by molar-refractivity contribution is 7.07. The van der Waals surface area contributed by atoms with E-state index in [1.54, 1.807) is 17.5 Å². The largest absolute Gasteiger partial charge is 0.332 e. The molecule has 0 spiro atoms. The van der Waals surface area contributed by atoms with Gasteiger partial charge < -0.3 is 4.90 Å². The van der Waals surface area contributed by atoms with Crippen molar-refractivity contribution in [2.75, 3.05) is 0 Å². The van der Waals surface area contributed by atoms with Crippen molar-refractivity contribution in [1.82, 2.24) is 9.88 Å². The van der Waals surface area contributed by atoms with Gasteiger partial charge in [-0.3, -0.25) is 9.78 Å². The molecule has 0 radical (unpaired) electrons. The molecule has 2 aromatic carbocycles. The van der Waals surface area contributed by atoms with E-state index >= 15 is 0 Å². The second-order valence-corrected chi connectivity index (χ2v) is 7.30. The van der Waals surface area contributed by atoms with Crippen molar-refractivity contribution in [1.29, 1.82) is 0 Å². The second kappa shape index (κ2) is 8.14. The molecular weight excluding hydrogens is 352 g/mol. The van der Waals surface area contributed by atoms with E-state index in [2.05, 4.69) is 34.6 Å². The summed E-state index contributed by atoms with van der Waals surface area (Å²) in [6.45, 7) is 1.12. The van der Waals surface area contributed by atoms with Gasteiger partial charge in [-0.1, -0.05) is 48.5 Å². The highest BCUT2D eigenvalue weighted by atomic mass is 32.1. The van der Waals surface area contributed by atoms with Crippen LogP contribution in [0.5, 0.6) is 0 Å². The average molecular weight is 372 g/mol. The molecule has 4 aromatic rings. The number of aromatic nitrogens is 1. The standard InChI is InChI=1S/C23H20N2OS/c26-23(14-20-8-5-7-19-6-1-2-10-22(19)20)25(15-18-11-13-27-17-18)16-21-9-3-4-12-24-21/h1-13,17H,14-16H2. The molecule has 0 fully saturated rings. The summed E-state index contributed by atoms with van der Waals surface area (Å²) >= 11 is 1.65. The molecule has 0 saturated carbocycles. The summed E-state index contributed by atoms with van der Waals surface area (Å²) in [5.41, 5.74) is 3.12. The lowest BCUT2D eigenvalue weighted by atomic mass is 10.0. The zero-order chi connectivity index (χ0) is 18.5. The molecule has 2 heterocycles. The number of benzene rings is 2. The first-order valence-electron chi connectivity index (χ1n) is 8.95. The van der Waals surface area contributed by atoms with E-state index in [-0.39, 0.29) is 5.91 Å². The van der Waals surface area contributed by atoms with E-state index in [0.29, 0.717) is 19.5 Å². The van der Waals surface area contributed by atoms with Crippen molar-refractivity contribution in [3.63, 3.8) is 0 Å². The summed E-state index contributed by atoms with van der Waals surface area (Å²) in [6, 6.07) is 22.3. The van der Waals surface area contributed by atoms with Crippen molar-refractivity contribution in [3.8, 4) is 0 Å². The molecule has 0 unspecified atom stereocenters. The summed E-state index contributed by atoms with van der Waals surface area (Å²) < 4.78 is 0. The van der Waals surface area contributed by atoms with Gasteiger partial charge in [0.25, 0.3) is 0 Å². The third-order valence-corrected chi connectivity index (χ3v) is 5.34. The molecule has 0 N–H and O–H groups in total. The van der Waals surface area contributed by atoms with Crippen LogP contribution < -0.4 is 0 Å². The van der Waals surface area contributed by atoms with E-state index < -0.39 is 0 Å². The maximum absolute atomic E-state index is 13.2. The molecule has 0 aliphatic rings. The van der Waals surface area contributed by atoms with E-state index in [1.165, 1.54) is 0 Å². The Morgan fingerprint density at radius 3 is 2.59 bits per heavy atom. The number of rotatable bonds is 6. The minimum Gasteiger partial charge on any atom is -0.332 e. The molecule has 1 amide bonds. The van der Waals surface area contributed by atoms with Gasteiger partial charge in [-0.25, -0.2) is 0 Å². The molecule has 27 heavy (non-hydrogen) atoms. The predicted molar refractivity (Wildman–Crippen MR) is 110 cm³/mol. The lowest BCUT2D eigenvalue weighted by molar-refractivity contribution is -0.131. The normalized spacial score (nSPS) is 10.8. The van der Waals surface area contributed by atoms with E-state index in [0.717, 1.165) is 27.6 Å². The summed E-state index contributed by atoms with van der Waals surface area (Å²) in [7, 11) is 0. The van der Waals surface area contributed by atoms with Crippen molar-refractivity contribution in [2.45, 2.75) is 19.5 Å². The van der Waals surface area contributed by atoms with Crippen LogP contribution in [0.2, 0.25) is 0 Å². The monoisotopic (exact) mass is 372 g/mol. The van der Waals surface area contributed by atoms with E-state index in [4.69, 9.17) is 0 Å². The fourth-order valence-electron chi connectivity index (χ4n) is 3.24. The maximum atomic E-state index is 13.2. The average Bonchev–Trinajstić information content (AvgIpc) is 3.22. The summed E-state index contributed by atoms with van der Waals surface area (Å²) in [6.07, 6.45) is 2.16. The molecule has 0 aliphatic carbocycles. The first kappa shape index (κ1) is 17.4. The zero-order valence-electron chi connectivity index (χ0n) is 14.9. The van der Waals surface area contributed by atoms with Crippen LogP contribution in [0.15, 0.2) is 83.7 Å². The molecule has 0 atom stereocenters. The quantitative estimate of drug-likeness (QED) is 0.473. The fourth-order valence-corrected chi connectivity index (χ4v) is 3.90. The SMILES string of the molecule is O=C(Cc1cccc2ccccc12)N(Cc1ccsc1)Cc1ccccn1. The lowest BCUT2D eigenvalue weighted by Crippen LogP contribution is -2.31. The molecule has 0 bridgehead atoms. The summed E-state index contributed by atoms with van der Waals surface area (Å²) in [5, 5.41) is 6.44. The first-order chi connectivity index (χ1) is 13.3. The molecule has 134 valence electrons. The second-order valence-electron chi connectivity index (χ2n) is 6.52. The van der Waals surface area contributed by atoms with Gasteiger partial charge in [0.1, 0.15) is 0 Å². The van der Waals surface area contributed by atoms with Crippen molar-refractivity contribution in [3.05, 3.63) is 101 Å². The van der Waals surface area contributed by atoms with Crippen molar-refractivity contribution >= 4 is 28.0 Å². The number of pyridine rings is 1. The number of hydrogen-bond acceptors (Lipinski definition) is 3. The van der Waals surface area contributed by atoms with E-state index in [9.17, 15) is 4.79 Å². The molecule has 3 nitrogen and oxygen atoms in total. The van der Waals surface area contributed by atoms with Gasteiger partial charge in [-0.15, -0.1) is 0 Å². The third kappa shape index (κ3) is 4.23. The van der Waals surface area contributed by atoms with Gasteiger partial charge in [0, 0.05) is 12.7 Å². The van der Waals surface area contributed by atoms with Crippen LogP contribution in [-0.2, 0) is 24.3 Å². The minimum absolute atomic E-state index is 0.114. The van der Waals surface area contributed by atoms with Crippen LogP contribution in [0, 0.1) is 0 Å². The number of amides is 1. The van der Waals surface area contributed by atoms with Crippen LogP contribution in [-0.4, -0.2) is 15.8 Å². The number of thiophene rings is 1. The molecular formula is C23H20N2OS. The van der Waals surface area contributed by atoms with Crippen LogP contribution in [0.3, 0.4) is 0 Å². The topological polar surface area (TPSA) is 33.2 Å². The molecule has 2 aromatic heterocycles. The highest BCUT2D eigenvalue weighted by Crippen LogP contribution is 2.20. The summed E-state index contributed by atoms with van der Waals surface area (Å²) in [4.78, 5) is 19.5. The molecule has 4 rings (SSSR count). The number of fused-ring (bicyclic) bond motifs is 1. The van der Waals surface area contributed by atoms with Crippen molar-refractivity contribution < 1.29 is 4.79 Å². The van der Waals surface area contributed by atoms with Gasteiger partial charge in [0.2, 0.25) is 5.91 Å². The van der Waals surface area contributed by atoms with Crippen LogP contribution in [0.25, 0.3) is 10.8 Å². The Kier molecular flexibility index (Phi) is 5.26. The van der Waals surface area contributed by atoms with Gasteiger partial charge in [-0.05, 0) is 50.9 Å². The Hall–Kier alpha value is -2.98. The maximum Gasteiger partial charge on any atom is 0.227 e. The van der Waals surface area contributed by atoms with Crippen molar-refractivity contribution in [2.24, 2.45) is 0 Å². The Balaban J connectivity index is 1.59. The number of carbonyl (C=O) groups excluding carboxylic acids is 1. The number of hydrogen-bond donors (Lipinski definition) is 0. The van der Waals surface area contributed by atoms with Gasteiger partial charge >= 0.3 is 0 Å². The smallest absolute Gasteiger partial charge is 0.227 e. The van der Waals surface area contributed by atoms with Gasteiger partial charge in [0.05, 0.1) is 18.7 Å². The zero-order valence-corrected chi connectivity index (χ0v) is 15.7. The Morgan fingerprint density at radius 1 is 0.926 bits per heavy atom. The number of nitrogens with zero attached hydrogens (tertiary/aromatic N) is 2. The molecule has 4 heteroatoms. The van der Waals surface area contributed by atoms with E-state index in [1.807, 2.05) is 52.7 Å². The Morgan fingerprint density at radius 2 is 1.78 bits per heavy atom.